The summed E-state index contributed by atoms with van der Waals surface area (Å²) in [5.41, 5.74) is 0.618. The third kappa shape index (κ3) is 4.91. The Kier molecular flexibility index (Phi) is 6.46. The first-order valence-electron chi connectivity index (χ1n) is 9.96. The van der Waals surface area contributed by atoms with E-state index < -0.39 is 23.9 Å². The number of furan rings is 1. The zero-order valence-corrected chi connectivity index (χ0v) is 18.2. The molecule has 2 aromatic carbocycles. The standard InChI is InChI=1S/C24H18ClNO7/c1-2-30-24(29)14-5-8-16(9-6-14)26-20(27)13-32-23-21(28)17-12-15(25)7-10-18(17)33-22(23)19-4-3-11-31-19/h3-12H,2,13H2,1H3,(H,26,27). The van der Waals surface area contributed by atoms with E-state index in [0.717, 1.165) is 0 Å². The van der Waals surface area contributed by atoms with Crippen LogP contribution in [0.2, 0.25) is 5.02 Å². The third-order valence-electron chi connectivity index (χ3n) is 4.58. The number of hydrogen-bond donors (Lipinski definition) is 1. The Labute approximate surface area is 192 Å². The number of esters is 1. The smallest absolute Gasteiger partial charge is 0.338 e. The van der Waals surface area contributed by atoms with Gasteiger partial charge in [-0.05, 0) is 61.5 Å². The lowest BCUT2D eigenvalue weighted by molar-refractivity contribution is -0.118. The summed E-state index contributed by atoms with van der Waals surface area (Å²) < 4.78 is 21.7. The molecule has 0 radical (unpaired) electrons. The van der Waals surface area contributed by atoms with E-state index >= 15 is 0 Å². The summed E-state index contributed by atoms with van der Waals surface area (Å²) in [5.74, 6) is -0.810. The van der Waals surface area contributed by atoms with Gasteiger partial charge in [0, 0.05) is 10.7 Å². The molecule has 0 spiro atoms. The summed E-state index contributed by atoms with van der Waals surface area (Å²) in [6.07, 6.45) is 1.43. The first kappa shape index (κ1) is 22.2. The highest BCUT2D eigenvalue weighted by molar-refractivity contribution is 6.31. The molecule has 0 aliphatic carbocycles. The normalized spacial score (nSPS) is 10.7. The molecule has 2 heterocycles. The Hall–Kier alpha value is -4.04. The minimum Gasteiger partial charge on any atom is -0.476 e. The average Bonchev–Trinajstić information content (AvgIpc) is 3.34. The molecular weight excluding hydrogens is 450 g/mol. The molecule has 1 N–H and O–H groups in total. The topological polar surface area (TPSA) is 108 Å². The Bertz CT molecular complexity index is 1360. The maximum absolute atomic E-state index is 13.1. The number of anilines is 1. The maximum atomic E-state index is 13.1. The Morgan fingerprint density at radius 2 is 1.88 bits per heavy atom. The Morgan fingerprint density at radius 3 is 2.58 bits per heavy atom. The van der Waals surface area contributed by atoms with Gasteiger partial charge in [0.1, 0.15) is 5.58 Å². The van der Waals surface area contributed by atoms with Crippen molar-refractivity contribution in [3.8, 4) is 17.3 Å². The number of nitrogens with one attached hydrogen (secondary N) is 1. The lowest BCUT2D eigenvalue weighted by Gasteiger charge is -2.11. The molecular formula is C24H18ClNO7. The molecule has 0 aliphatic heterocycles. The van der Waals surface area contributed by atoms with Crippen LogP contribution in [0.1, 0.15) is 17.3 Å². The molecule has 0 aliphatic rings. The summed E-state index contributed by atoms with van der Waals surface area (Å²) in [6, 6.07) is 14.1. The molecule has 8 nitrogen and oxygen atoms in total. The number of fused-ring (bicyclic) bond motifs is 1. The van der Waals surface area contributed by atoms with Gasteiger partial charge in [-0.1, -0.05) is 11.6 Å². The molecule has 1 amide bonds. The first-order valence-corrected chi connectivity index (χ1v) is 10.3. The lowest BCUT2D eigenvalue weighted by atomic mass is 10.2. The number of halogens is 1. The van der Waals surface area contributed by atoms with Gasteiger partial charge in [-0.3, -0.25) is 9.59 Å². The summed E-state index contributed by atoms with van der Waals surface area (Å²) in [7, 11) is 0. The molecule has 33 heavy (non-hydrogen) atoms. The number of carbonyl (C=O) groups excluding carboxylic acids is 2. The van der Waals surface area contributed by atoms with E-state index in [1.807, 2.05) is 0 Å². The fourth-order valence-electron chi connectivity index (χ4n) is 3.09. The van der Waals surface area contributed by atoms with Crippen molar-refractivity contribution in [2.45, 2.75) is 6.92 Å². The minimum atomic E-state index is -0.519. The summed E-state index contributed by atoms with van der Waals surface area (Å²) in [5, 5.41) is 3.20. The zero-order chi connectivity index (χ0) is 23.4. The number of hydrogen-bond acceptors (Lipinski definition) is 7. The summed E-state index contributed by atoms with van der Waals surface area (Å²) in [4.78, 5) is 37.2. The van der Waals surface area contributed by atoms with Crippen molar-refractivity contribution >= 4 is 40.1 Å². The van der Waals surface area contributed by atoms with E-state index in [1.54, 1.807) is 43.3 Å². The number of rotatable bonds is 7. The highest BCUT2D eigenvalue weighted by Crippen LogP contribution is 2.32. The highest BCUT2D eigenvalue weighted by Gasteiger charge is 2.21. The molecule has 9 heteroatoms. The maximum Gasteiger partial charge on any atom is 0.338 e. The summed E-state index contributed by atoms with van der Waals surface area (Å²) in [6.45, 7) is 1.52. The van der Waals surface area contributed by atoms with E-state index in [-0.39, 0.29) is 29.3 Å². The van der Waals surface area contributed by atoms with Crippen LogP contribution in [-0.4, -0.2) is 25.1 Å². The van der Waals surface area contributed by atoms with E-state index in [9.17, 15) is 14.4 Å². The predicted molar refractivity (Wildman–Crippen MR) is 122 cm³/mol. The van der Waals surface area contributed by atoms with Crippen molar-refractivity contribution in [2.75, 3.05) is 18.5 Å². The van der Waals surface area contributed by atoms with E-state index in [4.69, 9.17) is 29.9 Å². The van der Waals surface area contributed by atoms with Crippen LogP contribution in [-0.2, 0) is 9.53 Å². The molecule has 2 aromatic heterocycles. The molecule has 0 bridgehead atoms. The quantitative estimate of drug-likeness (QED) is 0.385. The average molecular weight is 468 g/mol. The molecule has 168 valence electrons. The van der Waals surface area contributed by atoms with E-state index in [1.165, 1.54) is 24.5 Å². The molecule has 0 saturated carbocycles. The van der Waals surface area contributed by atoms with Crippen LogP contribution in [0.25, 0.3) is 22.5 Å². The van der Waals surface area contributed by atoms with Gasteiger partial charge in [-0.25, -0.2) is 4.79 Å². The summed E-state index contributed by atoms with van der Waals surface area (Å²) >= 11 is 6.02. The molecule has 4 aromatic rings. The number of amides is 1. The van der Waals surface area contributed by atoms with Crippen LogP contribution in [0.4, 0.5) is 5.69 Å². The van der Waals surface area contributed by atoms with Gasteiger partial charge in [-0.2, -0.15) is 0 Å². The SMILES string of the molecule is CCOC(=O)c1ccc(NC(=O)COc2c(-c3ccco3)oc3ccc(Cl)cc3c2=O)cc1. The van der Waals surface area contributed by atoms with Crippen molar-refractivity contribution in [1.82, 2.24) is 0 Å². The van der Waals surface area contributed by atoms with Gasteiger partial charge in [-0.15, -0.1) is 0 Å². The van der Waals surface area contributed by atoms with Crippen molar-refractivity contribution in [2.24, 2.45) is 0 Å². The first-order chi connectivity index (χ1) is 16.0. The van der Waals surface area contributed by atoms with Crippen LogP contribution in [0.5, 0.6) is 5.75 Å². The van der Waals surface area contributed by atoms with E-state index in [0.29, 0.717) is 21.9 Å². The predicted octanol–water partition coefficient (Wildman–Crippen LogP) is 4.90. The second kappa shape index (κ2) is 9.62. The molecule has 0 saturated heterocycles. The van der Waals surface area contributed by atoms with Gasteiger partial charge in [0.25, 0.3) is 5.91 Å². The van der Waals surface area contributed by atoms with Gasteiger partial charge in [0.15, 0.2) is 12.4 Å². The van der Waals surface area contributed by atoms with Crippen molar-refractivity contribution < 1.29 is 27.9 Å². The fourth-order valence-corrected chi connectivity index (χ4v) is 3.26. The number of ether oxygens (including phenoxy) is 2. The number of benzene rings is 2. The second-order valence-electron chi connectivity index (χ2n) is 6.84. The monoisotopic (exact) mass is 467 g/mol. The third-order valence-corrected chi connectivity index (χ3v) is 4.82. The molecule has 0 atom stereocenters. The Balaban J connectivity index is 1.54. The molecule has 0 unspecified atom stereocenters. The Morgan fingerprint density at radius 1 is 1.09 bits per heavy atom. The van der Waals surface area contributed by atoms with E-state index in [2.05, 4.69) is 5.32 Å². The zero-order valence-electron chi connectivity index (χ0n) is 17.4. The number of carbonyl (C=O) groups is 2. The second-order valence-corrected chi connectivity index (χ2v) is 7.28. The van der Waals surface area contributed by atoms with Crippen molar-refractivity contribution in [1.29, 1.82) is 0 Å². The van der Waals surface area contributed by atoms with Crippen LogP contribution >= 0.6 is 11.6 Å². The van der Waals surface area contributed by atoms with Crippen molar-refractivity contribution in [3.05, 3.63) is 81.7 Å². The molecule has 4 rings (SSSR count). The van der Waals surface area contributed by atoms with Gasteiger partial charge < -0.3 is 23.6 Å². The molecule has 0 fully saturated rings. The van der Waals surface area contributed by atoms with Gasteiger partial charge in [0.2, 0.25) is 16.9 Å². The fraction of sp³-hybridized carbons (Fsp3) is 0.125. The van der Waals surface area contributed by atoms with Crippen molar-refractivity contribution in [3.63, 3.8) is 0 Å². The van der Waals surface area contributed by atoms with Gasteiger partial charge in [0.05, 0.1) is 23.8 Å². The lowest BCUT2D eigenvalue weighted by Crippen LogP contribution is -2.22. The minimum absolute atomic E-state index is 0.0615. The van der Waals surface area contributed by atoms with Crippen LogP contribution in [0.15, 0.2) is 74.5 Å². The van der Waals surface area contributed by atoms with Crippen LogP contribution in [0.3, 0.4) is 0 Å². The van der Waals surface area contributed by atoms with Gasteiger partial charge >= 0.3 is 5.97 Å². The largest absolute Gasteiger partial charge is 0.476 e. The van der Waals surface area contributed by atoms with Crippen LogP contribution in [0, 0.1) is 0 Å². The highest BCUT2D eigenvalue weighted by atomic mass is 35.5. The van der Waals surface area contributed by atoms with Crippen LogP contribution < -0.4 is 15.5 Å².